The molecule has 1 saturated heterocycles. The Labute approximate surface area is 148 Å². The minimum absolute atomic E-state index is 0.318. The van der Waals surface area contributed by atoms with Gasteiger partial charge in [0.25, 0.3) is 0 Å². The van der Waals surface area contributed by atoms with Gasteiger partial charge in [0.2, 0.25) is 0 Å². The Morgan fingerprint density at radius 3 is 2.46 bits per heavy atom. The first kappa shape index (κ1) is 17.1. The van der Waals surface area contributed by atoms with Gasteiger partial charge in [0.15, 0.2) is 0 Å². The number of rotatable bonds is 6. The molecule has 0 spiro atoms. The molecule has 4 nitrogen and oxygen atoms in total. The molecule has 5 heteroatoms. The second-order valence-corrected chi connectivity index (χ2v) is 6.48. The number of piperazine rings is 1. The van der Waals surface area contributed by atoms with E-state index in [0.29, 0.717) is 13.2 Å². The van der Waals surface area contributed by atoms with Crippen molar-refractivity contribution in [3.05, 3.63) is 59.6 Å². The third-order valence-electron chi connectivity index (χ3n) is 4.20. The van der Waals surface area contributed by atoms with Crippen LogP contribution in [0.15, 0.2) is 54.6 Å². The highest BCUT2D eigenvalue weighted by Crippen LogP contribution is 2.20. The fraction of sp³-hybridized carbons (Fsp3) is 0.368. The van der Waals surface area contributed by atoms with Gasteiger partial charge in [-0.25, -0.2) is 0 Å². The average Bonchev–Trinajstić information content (AvgIpc) is 2.61. The van der Waals surface area contributed by atoms with Crippen LogP contribution in [0.25, 0.3) is 0 Å². The topological polar surface area (TPSA) is 35.9 Å². The zero-order valence-electron chi connectivity index (χ0n) is 13.6. The van der Waals surface area contributed by atoms with Crippen LogP contribution in [0.4, 0.5) is 5.69 Å². The lowest BCUT2D eigenvalue weighted by molar-refractivity contribution is 0.0663. The van der Waals surface area contributed by atoms with E-state index in [1.807, 2.05) is 48.5 Å². The number of hydrogen-bond acceptors (Lipinski definition) is 4. The monoisotopic (exact) mass is 346 g/mol. The number of para-hydroxylation sites is 1. The first-order valence-electron chi connectivity index (χ1n) is 8.29. The zero-order chi connectivity index (χ0) is 16.8. The van der Waals surface area contributed by atoms with Gasteiger partial charge in [-0.15, -0.1) is 0 Å². The highest BCUT2D eigenvalue weighted by molar-refractivity contribution is 6.30. The number of β-amino-alcohol motifs (C(OH)–C–C–N with tert-alkyl or cyclic N) is 1. The molecule has 0 amide bonds. The Balaban J connectivity index is 1.42. The number of nitrogens with zero attached hydrogens (tertiary/aromatic N) is 2. The maximum atomic E-state index is 10.2. The van der Waals surface area contributed by atoms with Gasteiger partial charge < -0.3 is 14.7 Å². The lowest BCUT2D eigenvalue weighted by atomic mass is 10.2. The van der Waals surface area contributed by atoms with E-state index in [4.69, 9.17) is 16.3 Å². The molecule has 3 rings (SSSR count). The number of hydrogen-bond donors (Lipinski definition) is 1. The lowest BCUT2D eigenvalue weighted by Crippen LogP contribution is -2.49. The Morgan fingerprint density at radius 2 is 1.75 bits per heavy atom. The standard InChI is InChI=1S/C19H23ClN2O2/c20-16-5-4-6-17(13-16)22-11-9-21(10-12-22)14-18(23)15-24-19-7-2-1-3-8-19/h1-8,13,18,23H,9-12,14-15H2/t18-/m0/s1. The summed E-state index contributed by atoms with van der Waals surface area (Å²) >= 11 is 6.06. The SMILES string of the molecule is O[C@H](COc1ccccc1)CN1CCN(c2cccc(Cl)c2)CC1. The van der Waals surface area contributed by atoms with E-state index in [9.17, 15) is 5.11 Å². The van der Waals surface area contributed by atoms with Crippen molar-refractivity contribution < 1.29 is 9.84 Å². The van der Waals surface area contributed by atoms with E-state index in [2.05, 4.69) is 15.9 Å². The highest BCUT2D eigenvalue weighted by atomic mass is 35.5. The molecule has 128 valence electrons. The second-order valence-electron chi connectivity index (χ2n) is 6.05. The van der Waals surface area contributed by atoms with E-state index in [1.165, 1.54) is 0 Å². The summed E-state index contributed by atoms with van der Waals surface area (Å²) in [5, 5.41) is 11.0. The van der Waals surface area contributed by atoms with Crippen molar-refractivity contribution in [2.75, 3.05) is 44.2 Å². The Bertz CT molecular complexity index is 630. The number of halogens is 1. The van der Waals surface area contributed by atoms with E-state index < -0.39 is 6.10 Å². The summed E-state index contributed by atoms with van der Waals surface area (Å²) in [5.41, 5.74) is 1.16. The number of anilines is 1. The second kappa shape index (κ2) is 8.38. The van der Waals surface area contributed by atoms with Crippen LogP contribution in [-0.2, 0) is 0 Å². The van der Waals surface area contributed by atoms with Gasteiger partial charge in [0.1, 0.15) is 18.5 Å². The fourth-order valence-corrected chi connectivity index (χ4v) is 3.11. The minimum atomic E-state index is -0.483. The summed E-state index contributed by atoms with van der Waals surface area (Å²) in [7, 11) is 0. The maximum Gasteiger partial charge on any atom is 0.119 e. The minimum Gasteiger partial charge on any atom is -0.491 e. The van der Waals surface area contributed by atoms with Crippen LogP contribution in [0, 0.1) is 0 Å². The molecule has 24 heavy (non-hydrogen) atoms. The molecule has 0 unspecified atom stereocenters. The molecule has 0 radical (unpaired) electrons. The van der Waals surface area contributed by atoms with Crippen molar-refractivity contribution in [1.29, 1.82) is 0 Å². The molecular weight excluding hydrogens is 324 g/mol. The lowest BCUT2D eigenvalue weighted by Gasteiger charge is -2.36. The van der Waals surface area contributed by atoms with Crippen LogP contribution in [0.5, 0.6) is 5.75 Å². The summed E-state index contributed by atoms with van der Waals surface area (Å²) in [6.07, 6.45) is -0.483. The Morgan fingerprint density at radius 1 is 1.00 bits per heavy atom. The van der Waals surface area contributed by atoms with Gasteiger partial charge >= 0.3 is 0 Å². The van der Waals surface area contributed by atoms with E-state index in [0.717, 1.165) is 42.6 Å². The summed E-state index contributed by atoms with van der Waals surface area (Å²) in [5.74, 6) is 0.794. The van der Waals surface area contributed by atoms with Gasteiger partial charge in [-0.05, 0) is 30.3 Å². The number of benzene rings is 2. The number of ether oxygens (including phenoxy) is 1. The molecule has 0 aliphatic carbocycles. The molecule has 1 N–H and O–H groups in total. The predicted octanol–water partition coefficient (Wildman–Crippen LogP) is 2.90. The maximum absolute atomic E-state index is 10.2. The van der Waals surface area contributed by atoms with E-state index >= 15 is 0 Å². The molecule has 2 aromatic rings. The molecule has 2 aromatic carbocycles. The highest BCUT2D eigenvalue weighted by Gasteiger charge is 2.19. The quantitative estimate of drug-likeness (QED) is 0.872. The van der Waals surface area contributed by atoms with Crippen LogP contribution >= 0.6 is 11.6 Å². The largest absolute Gasteiger partial charge is 0.491 e. The molecule has 1 aliphatic rings. The molecule has 0 saturated carbocycles. The third-order valence-corrected chi connectivity index (χ3v) is 4.44. The van der Waals surface area contributed by atoms with Gasteiger partial charge in [-0.1, -0.05) is 35.9 Å². The fourth-order valence-electron chi connectivity index (χ4n) is 2.92. The van der Waals surface area contributed by atoms with Gasteiger partial charge in [0.05, 0.1) is 0 Å². The summed E-state index contributed by atoms with van der Waals surface area (Å²) < 4.78 is 5.61. The summed E-state index contributed by atoms with van der Waals surface area (Å²) in [4.78, 5) is 4.61. The van der Waals surface area contributed by atoms with Crippen LogP contribution in [0.2, 0.25) is 5.02 Å². The molecule has 1 fully saturated rings. The van der Waals surface area contributed by atoms with Crippen molar-refractivity contribution in [3.8, 4) is 5.75 Å². The van der Waals surface area contributed by atoms with Crippen molar-refractivity contribution in [3.63, 3.8) is 0 Å². The van der Waals surface area contributed by atoms with Crippen LogP contribution < -0.4 is 9.64 Å². The predicted molar refractivity (Wildman–Crippen MR) is 98.0 cm³/mol. The normalized spacial score (nSPS) is 16.8. The van der Waals surface area contributed by atoms with Gasteiger partial charge in [-0.3, -0.25) is 4.90 Å². The van der Waals surface area contributed by atoms with Gasteiger partial charge in [-0.2, -0.15) is 0 Å². The molecule has 1 atom stereocenters. The molecule has 0 bridgehead atoms. The van der Waals surface area contributed by atoms with Crippen molar-refractivity contribution in [2.24, 2.45) is 0 Å². The first-order chi connectivity index (χ1) is 11.7. The zero-order valence-corrected chi connectivity index (χ0v) is 14.4. The smallest absolute Gasteiger partial charge is 0.119 e. The van der Waals surface area contributed by atoms with Gasteiger partial charge in [0, 0.05) is 43.4 Å². The van der Waals surface area contributed by atoms with E-state index in [1.54, 1.807) is 0 Å². The average molecular weight is 347 g/mol. The summed E-state index contributed by atoms with van der Waals surface area (Å²) in [6, 6.07) is 17.6. The molecule has 0 aromatic heterocycles. The van der Waals surface area contributed by atoms with E-state index in [-0.39, 0.29) is 0 Å². The molecule has 1 aliphatic heterocycles. The van der Waals surface area contributed by atoms with Crippen LogP contribution in [0.1, 0.15) is 0 Å². The van der Waals surface area contributed by atoms with Crippen molar-refractivity contribution in [1.82, 2.24) is 4.90 Å². The molecule has 1 heterocycles. The molecular formula is C19H23ClN2O2. The van der Waals surface area contributed by atoms with Crippen LogP contribution in [-0.4, -0.2) is 55.4 Å². The third kappa shape index (κ3) is 4.87. The Kier molecular flexibility index (Phi) is 5.96. The first-order valence-corrected chi connectivity index (χ1v) is 8.67. The van der Waals surface area contributed by atoms with Crippen molar-refractivity contribution in [2.45, 2.75) is 6.10 Å². The van der Waals surface area contributed by atoms with Crippen molar-refractivity contribution >= 4 is 17.3 Å². The number of aliphatic hydroxyl groups excluding tert-OH is 1. The summed E-state index contributed by atoms with van der Waals surface area (Å²) in [6.45, 7) is 4.68. The number of aliphatic hydroxyl groups is 1. The Hall–Kier alpha value is -1.75. The van der Waals surface area contributed by atoms with Crippen LogP contribution in [0.3, 0.4) is 0 Å².